The predicted octanol–water partition coefficient (Wildman–Crippen LogP) is 1.58. The first-order valence-electron chi connectivity index (χ1n) is 6.56. The number of carbonyl (C=O) groups is 2. The first-order valence-corrected chi connectivity index (χ1v) is 6.56. The first kappa shape index (κ1) is 13.3. The van der Waals surface area contributed by atoms with E-state index in [-0.39, 0.29) is 18.4 Å². The van der Waals surface area contributed by atoms with Gasteiger partial charge < -0.3 is 4.74 Å². The van der Waals surface area contributed by atoms with Crippen LogP contribution in [0, 0.1) is 0 Å². The van der Waals surface area contributed by atoms with Crippen molar-refractivity contribution in [3.05, 3.63) is 59.2 Å². The molecule has 0 bridgehead atoms. The molecule has 5 nitrogen and oxygen atoms in total. The fourth-order valence-corrected chi connectivity index (χ4v) is 2.96. The molecular formula is C16H14N2O3. The highest BCUT2D eigenvalue weighted by atomic mass is 16.5. The maximum Gasteiger partial charge on any atom is 0.293 e. The van der Waals surface area contributed by atoms with Crippen molar-refractivity contribution in [1.82, 2.24) is 5.43 Å². The second-order valence-corrected chi connectivity index (χ2v) is 4.81. The molecule has 1 aliphatic rings. The molecule has 1 aliphatic carbocycles. The Kier molecular flexibility index (Phi) is 3.41. The van der Waals surface area contributed by atoms with Crippen molar-refractivity contribution < 1.29 is 14.3 Å². The lowest BCUT2D eigenvalue weighted by Gasteiger charge is -2.15. The van der Waals surface area contributed by atoms with Gasteiger partial charge in [0, 0.05) is 11.5 Å². The Bertz CT molecular complexity index is 712. The lowest BCUT2D eigenvalue weighted by atomic mass is 9.93. The molecule has 0 fully saturated rings. The average Bonchev–Trinajstić information content (AvgIpc) is 2.86. The van der Waals surface area contributed by atoms with Crippen molar-refractivity contribution in [2.45, 2.75) is 5.92 Å². The Balaban J connectivity index is 2.20. The van der Waals surface area contributed by atoms with E-state index in [2.05, 4.69) is 5.43 Å². The summed E-state index contributed by atoms with van der Waals surface area (Å²) in [7, 11) is 0. The van der Waals surface area contributed by atoms with Crippen molar-refractivity contribution in [3.8, 4) is 11.1 Å². The molecule has 0 radical (unpaired) electrons. The number of benzene rings is 2. The number of hydrazine groups is 1. The molecule has 0 heterocycles. The summed E-state index contributed by atoms with van der Waals surface area (Å²) in [6.45, 7) is 0.620. The summed E-state index contributed by atoms with van der Waals surface area (Å²) in [5.41, 5.74) is 6.60. The Morgan fingerprint density at radius 1 is 1.19 bits per heavy atom. The summed E-state index contributed by atoms with van der Waals surface area (Å²) in [6.07, 6.45) is 0. The number of carbonyl (C=O) groups excluding carboxylic acids is 2. The molecule has 21 heavy (non-hydrogen) atoms. The van der Waals surface area contributed by atoms with Gasteiger partial charge in [0.2, 0.25) is 0 Å². The first-order chi connectivity index (χ1) is 10.3. The number of nitrogens with two attached hydrogens (primary N) is 1. The van der Waals surface area contributed by atoms with Gasteiger partial charge in [0.15, 0.2) is 0 Å². The van der Waals surface area contributed by atoms with Gasteiger partial charge >= 0.3 is 0 Å². The molecule has 106 valence electrons. The van der Waals surface area contributed by atoms with Crippen LogP contribution >= 0.6 is 0 Å². The van der Waals surface area contributed by atoms with Crippen LogP contribution < -0.4 is 11.3 Å². The van der Waals surface area contributed by atoms with Gasteiger partial charge in [0.25, 0.3) is 12.4 Å². The second kappa shape index (κ2) is 5.38. The highest BCUT2D eigenvalue weighted by Crippen LogP contribution is 2.46. The third-order valence-electron chi connectivity index (χ3n) is 3.79. The summed E-state index contributed by atoms with van der Waals surface area (Å²) in [4.78, 5) is 22.5. The Morgan fingerprint density at radius 3 is 2.71 bits per heavy atom. The van der Waals surface area contributed by atoms with Crippen LogP contribution in [0.1, 0.15) is 27.4 Å². The van der Waals surface area contributed by atoms with E-state index in [1.165, 1.54) is 0 Å². The van der Waals surface area contributed by atoms with Crippen LogP contribution in [0.15, 0.2) is 42.5 Å². The Hall–Kier alpha value is -2.66. The second-order valence-electron chi connectivity index (χ2n) is 4.81. The minimum atomic E-state index is -0.351. The maximum absolute atomic E-state index is 12.0. The van der Waals surface area contributed by atoms with Gasteiger partial charge in [-0.15, -0.1) is 0 Å². The number of hydrogen-bond acceptors (Lipinski definition) is 4. The molecule has 5 heteroatoms. The van der Waals surface area contributed by atoms with Crippen LogP contribution in [-0.2, 0) is 9.53 Å². The fourth-order valence-electron chi connectivity index (χ4n) is 2.96. The van der Waals surface area contributed by atoms with E-state index in [1.807, 2.05) is 36.4 Å². The van der Waals surface area contributed by atoms with E-state index in [0.717, 1.165) is 22.3 Å². The Morgan fingerprint density at radius 2 is 1.95 bits per heavy atom. The van der Waals surface area contributed by atoms with E-state index in [0.29, 0.717) is 12.0 Å². The zero-order valence-corrected chi connectivity index (χ0v) is 11.2. The predicted molar refractivity (Wildman–Crippen MR) is 77.4 cm³/mol. The molecule has 3 rings (SSSR count). The standard InChI is InChI=1S/C16H14N2O3/c17-18-16(20)13-7-3-6-12-10-4-1-2-5-11(10)14(15(12)13)8-21-9-19/h1-7,9,14H,8,17H2,(H,18,20). The number of hydrogen-bond donors (Lipinski definition) is 2. The highest BCUT2D eigenvalue weighted by Gasteiger charge is 2.32. The third-order valence-corrected chi connectivity index (χ3v) is 3.79. The van der Waals surface area contributed by atoms with E-state index < -0.39 is 0 Å². The zero-order valence-electron chi connectivity index (χ0n) is 11.2. The quantitative estimate of drug-likeness (QED) is 0.386. The minimum absolute atomic E-state index is 0.158. The lowest BCUT2D eigenvalue weighted by Crippen LogP contribution is -2.31. The van der Waals surface area contributed by atoms with Gasteiger partial charge in [-0.2, -0.15) is 0 Å². The van der Waals surface area contributed by atoms with Crippen molar-refractivity contribution in [3.63, 3.8) is 0 Å². The van der Waals surface area contributed by atoms with Crippen LogP contribution in [0.3, 0.4) is 0 Å². The van der Waals surface area contributed by atoms with Crippen LogP contribution in [-0.4, -0.2) is 19.0 Å². The van der Waals surface area contributed by atoms with Crippen molar-refractivity contribution in [2.24, 2.45) is 5.84 Å². The number of nitrogen functional groups attached to an aromatic ring is 1. The van der Waals surface area contributed by atoms with Crippen LogP contribution in [0.4, 0.5) is 0 Å². The summed E-state index contributed by atoms with van der Waals surface area (Å²) in [5, 5.41) is 0. The molecule has 1 amide bonds. The van der Waals surface area contributed by atoms with Crippen LogP contribution in [0.5, 0.6) is 0 Å². The monoisotopic (exact) mass is 282 g/mol. The molecule has 0 saturated carbocycles. The molecular weight excluding hydrogens is 268 g/mol. The largest absolute Gasteiger partial charge is 0.467 e. The van der Waals surface area contributed by atoms with Gasteiger partial charge in [-0.3, -0.25) is 15.0 Å². The third kappa shape index (κ3) is 2.08. The molecule has 2 aromatic rings. The van der Waals surface area contributed by atoms with Crippen molar-refractivity contribution in [1.29, 1.82) is 0 Å². The van der Waals surface area contributed by atoms with Gasteiger partial charge in [-0.25, -0.2) is 5.84 Å². The molecule has 0 spiro atoms. The molecule has 0 saturated heterocycles. The number of fused-ring (bicyclic) bond motifs is 3. The number of ether oxygens (including phenoxy) is 1. The van der Waals surface area contributed by atoms with Gasteiger partial charge in [0.1, 0.15) is 6.61 Å². The van der Waals surface area contributed by atoms with Crippen molar-refractivity contribution >= 4 is 12.4 Å². The summed E-state index contributed by atoms with van der Waals surface area (Å²) >= 11 is 0. The lowest BCUT2D eigenvalue weighted by molar-refractivity contribution is -0.128. The smallest absolute Gasteiger partial charge is 0.293 e. The average molecular weight is 282 g/mol. The molecule has 1 atom stereocenters. The highest BCUT2D eigenvalue weighted by molar-refractivity contribution is 5.99. The van der Waals surface area contributed by atoms with E-state index >= 15 is 0 Å². The topological polar surface area (TPSA) is 81.4 Å². The number of nitrogens with one attached hydrogen (secondary N) is 1. The maximum atomic E-state index is 12.0. The molecule has 3 N–H and O–H groups in total. The summed E-state index contributed by atoms with van der Waals surface area (Å²) in [5.74, 6) is 4.75. The summed E-state index contributed by atoms with van der Waals surface area (Å²) < 4.78 is 4.96. The van der Waals surface area contributed by atoms with Gasteiger partial charge in [-0.05, 0) is 28.3 Å². The van der Waals surface area contributed by atoms with E-state index in [4.69, 9.17) is 10.6 Å². The van der Waals surface area contributed by atoms with Gasteiger partial charge in [0.05, 0.1) is 0 Å². The normalized spacial score (nSPS) is 15.0. The van der Waals surface area contributed by atoms with Crippen LogP contribution in [0.25, 0.3) is 11.1 Å². The minimum Gasteiger partial charge on any atom is -0.467 e. The van der Waals surface area contributed by atoms with Crippen molar-refractivity contribution in [2.75, 3.05) is 6.61 Å². The fraction of sp³-hybridized carbons (Fsp3) is 0.125. The van der Waals surface area contributed by atoms with E-state index in [1.54, 1.807) is 6.07 Å². The van der Waals surface area contributed by atoms with E-state index in [9.17, 15) is 9.59 Å². The molecule has 2 aromatic carbocycles. The zero-order chi connectivity index (χ0) is 14.8. The molecule has 0 aromatic heterocycles. The van der Waals surface area contributed by atoms with Crippen LogP contribution in [0.2, 0.25) is 0 Å². The number of amides is 1. The summed E-state index contributed by atoms with van der Waals surface area (Å²) in [6, 6.07) is 13.4. The number of rotatable bonds is 4. The molecule has 1 unspecified atom stereocenters. The SMILES string of the molecule is NNC(=O)c1cccc2c1C(COC=O)c1ccccc1-2. The Labute approximate surface area is 121 Å². The molecule has 0 aliphatic heterocycles. The van der Waals surface area contributed by atoms with Gasteiger partial charge in [-0.1, -0.05) is 36.4 Å².